The van der Waals surface area contributed by atoms with Crippen LogP contribution in [0.4, 0.5) is 0 Å². The molecule has 0 radical (unpaired) electrons. The van der Waals surface area contributed by atoms with Crippen molar-refractivity contribution in [3.63, 3.8) is 0 Å². The van der Waals surface area contributed by atoms with Crippen molar-refractivity contribution in [1.82, 2.24) is 4.90 Å². The van der Waals surface area contributed by atoms with Crippen LogP contribution in [0, 0.1) is 5.92 Å². The van der Waals surface area contributed by atoms with Gasteiger partial charge < -0.3 is 10.0 Å². The summed E-state index contributed by atoms with van der Waals surface area (Å²) in [5.74, 6) is 0.785. The van der Waals surface area contributed by atoms with E-state index in [9.17, 15) is 5.11 Å². The van der Waals surface area contributed by atoms with Crippen molar-refractivity contribution >= 4 is 0 Å². The second-order valence-corrected chi connectivity index (χ2v) is 4.37. The topological polar surface area (TPSA) is 23.5 Å². The van der Waals surface area contributed by atoms with Crippen LogP contribution in [-0.2, 0) is 0 Å². The predicted octanol–water partition coefficient (Wildman–Crippen LogP) is 1.24. The molecule has 0 aromatic rings. The highest BCUT2D eigenvalue weighted by atomic mass is 16.3. The lowest BCUT2D eigenvalue weighted by Gasteiger charge is -2.44. The van der Waals surface area contributed by atoms with E-state index in [0.717, 1.165) is 12.3 Å². The zero-order valence-corrected chi connectivity index (χ0v) is 7.87. The molecule has 0 aromatic heterocycles. The number of aliphatic hydroxyl groups is 1. The summed E-state index contributed by atoms with van der Waals surface area (Å²) in [6.45, 7) is 1.18. The molecular weight excluding hydrogens is 150 g/mol. The molecule has 0 spiro atoms. The van der Waals surface area contributed by atoms with Gasteiger partial charge in [0.25, 0.3) is 0 Å². The molecule has 70 valence electrons. The first-order valence-electron chi connectivity index (χ1n) is 5.17. The first-order valence-corrected chi connectivity index (χ1v) is 5.17. The molecule has 2 heteroatoms. The third-order valence-corrected chi connectivity index (χ3v) is 3.55. The molecule has 0 amide bonds. The fourth-order valence-electron chi connectivity index (χ4n) is 2.97. The SMILES string of the molecule is CN1CCC[C@H]2CCC[C@@H](O)[C@@H]21. The minimum absolute atomic E-state index is 0.0472. The minimum Gasteiger partial charge on any atom is -0.391 e. The van der Waals surface area contributed by atoms with Crippen LogP contribution in [0.15, 0.2) is 0 Å². The van der Waals surface area contributed by atoms with E-state index in [0.29, 0.717) is 6.04 Å². The van der Waals surface area contributed by atoms with Gasteiger partial charge in [-0.1, -0.05) is 6.42 Å². The van der Waals surface area contributed by atoms with Crippen molar-refractivity contribution in [2.24, 2.45) is 5.92 Å². The van der Waals surface area contributed by atoms with E-state index in [4.69, 9.17) is 0 Å². The van der Waals surface area contributed by atoms with Crippen LogP contribution in [0.3, 0.4) is 0 Å². The number of hydrogen-bond donors (Lipinski definition) is 1. The van der Waals surface area contributed by atoms with Crippen molar-refractivity contribution in [2.75, 3.05) is 13.6 Å². The average Bonchev–Trinajstić information content (AvgIpc) is 2.04. The standard InChI is InChI=1S/C10H19NO/c1-11-7-3-5-8-4-2-6-9(12)10(8)11/h8-10,12H,2-7H2,1H3/t8-,9-,10-/m1/s1. The number of fused-ring (bicyclic) bond motifs is 1. The van der Waals surface area contributed by atoms with Gasteiger partial charge in [-0.25, -0.2) is 0 Å². The molecule has 1 aliphatic heterocycles. The molecule has 0 bridgehead atoms. The Morgan fingerprint density at radius 3 is 2.67 bits per heavy atom. The number of likely N-dealkylation sites (tertiary alicyclic amines) is 1. The number of likely N-dealkylation sites (N-methyl/N-ethyl adjacent to an activating group) is 1. The molecule has 1 saturated heterocycles. The van der Waals surface area contributed by atoms with E-state index >= 15 is 0 Å². The van der Waals surface area contributed by atoms with Crippen molar-refractivity contribution in [2.45, 2.75) is 44.2 Å². The zero-order chi connectivity index (χ0) is 8.55. The molecule has 0 aromatic carbocycles. The van der Waals surface area contributed by atoms with E-state index in [1.807, 2.05) is 0 Å². The molecule has 2 fully saturated rings. The highest BCUT2D eigenvalue weighted by molar-refractivity contribution is 4.91. The van der Waals surface area contributed by atoms with Crippen molar-refractivity contribution in [3.8, 4) is 0 Å². The minimum atomic E-state index is -0.0472. The maximum atomic E-state index is 9.83. The molecule has 1 saturated carbocycles. The summed E-state index contributed by atoms with van der Waals surface area (Å²) in [7, 11) is 2.16. The summed E-state index contributed by atoms with van der Waals surface area (Å²) in [5.41, 5.74) is 0. The molecule has 1 aliphatic carbocycles. The van der Waals surface area contributed by atoms with Gasteiger partial charge in [-0.15, -0.1) is 0 Å². The predicted molar refractivity (Wildman–Crippen MR) is 49.0 cm³/mol. The Morgan fingerprint density at radius 2 is 1.92 bits per heavy atom. The van der Waals surface area contributed by atoms with Gasteiger partial charge in [0.05, 0.1) is 6.10 Å². The number of nitrogens with zero attached hydrogens (tertiary/aromatic N) is 1. The van der Waals surface area contributed by atoms with Gasteiger partial charge in [0.2, 0.25) is 0 Å². The van der Waals surface area contributed by atoms with Gasteiger partial charge in [-0.05, 0) is 45.2 Å². The smallest absolute Gasteiger partial charge is 0.0698 e. The van der Waals surface area contributed by atoms with Crippen LogP contribution < -0.4 is 0 Å². The Kier molecular flexibility index (Phi) is 2.37. The zero-order valence-electron chi connectivity index (χ0n) is 7.87. The van der Waals surface area contributed by atoms with Crippen LogP contribution >= 0.6 is 0 Å². The number of aliphatic hydroxyl groups excluding tert-OH is 1. The van der Waals surface area contributed by atoms with E-state index in [1.165, 1.54) is 32.2 Å². The molecule has 2 aliphatic rings. The summed E-state index contributed by atoms with van der Waals surface area (Å²) < 4.78 is 0. The average molecular weight is 169 g/mol. The molecule has 0 unspecified atom stereocenters. The van der Waals surface area contributed by atoms with Gasteiger partial charge in [0, 0.05) is 6.04 Å². The normalized spacial score (nSPS) is 44.0. The summed E-state index contributed by atoms with van der Waals surface area (Å²) in [6, 6.07) is 0.479. The molecular formula is C10H19NO. The lowest BCUT2D eigenvalue weighted by Crippen LogP contribution is -2.51. The Bertz CT molecular complexity index is 144. The number of piperidine rings is 1. The van der Waals surface area contributed by atoms with Crippen LogP contribution in [-0.4, -0.2) is 35.7 Å². The van der Waals surface area contributed by atoms with Gasteiger partial charge in [-0.3, -0.25) is 0 Å². The van der Waals surface area contributed by atoms with E-state index in [-0.39, 0.29) is 6.10 Å². The highest BCUT2D eigenvalue weighted by Crippen LogP contribution is 2.34. The number of hydrogen-bond acceptors (Lipinski definition) is 2. The third-order valence-electron chi connectivity index (χ3n) is 3.55. The second-order valence-electron chi connectivity index (χ2n) is 4.37. The Hall–Kier alpha value is -0.0800. The molecule has 2 rings (SSSR count). The van der Waals surface area contributed by atoms with Crippen LogP contribution in [0.5, 0.6) is 0 Å². The third kappa shape index (κ3) is 1.38. The largest absolute Gasteiger partial charge is 0.391 e. The Labute approximate surface area is 74.6 Å². The van der Waals surface area contributed by atoms with Gasteiger partial charge in [0.1, 0.15) is 0 Å². The van der Waals surface area contributed by atoms with Gasteiger partial charge >= 0.3 is 0 Å². The Morgan fingerprint density at radius 1 is 1.17 bits per heavy atom. The first kappa shape index (κ1) is 8.52. The lowest BCUT2D eigenvalue weighted by atomic mass is 9.77. The van der Waals surface area contributed by atoms with Crippen LogP contribution in [0.2, 0.25) is 0 Å². The van der Waals surface area contributed by atoms with E-state index in [1.54, 1.807) is 0 Å². The van der Waals surface area contributed by atoms with Gasteiger partial charge in [0.15, 0.2) is 0 Å². The summed E-state index contributed by atoms with van der Waals surface area (Å²) in [6.07, 6.45) is 6.21. The maximum Gasteiger partial charge on any atom is 0.0698 e. The highest BCUT2D eigenvalue weighted by Gasteiger charge is 2.36. The van der Waals surface area contributed by atoms with Gasteiger partial charge in [-0.2, -0.15) is 0 Å². The monoisotopic (exact) mass is 169 g/mol. The lowest BCUT2D eigenvalue weighted by molar-refractivity contribution is -0.0240. The summed E-state index contributed by atoms with van der Waals surface area (Å²) in [4.78, 5) is 2.36. The second kappa shape index (κ2) is 3.35. The van der Waals surface area contributed by atoms with Crippen LogP contribution in [0.1, 0.15) is 32.1 Å². The molecule has 1 N–H and O–H groups in total. The fourth-order valence-corrected chi connectivity index (χ4v) is 2.97. The molecule has 12 heavy (non-hydrogen) atoms. The molecule has 1 heterocycles. The molecule has 2 nitrogen and oxygen atoms in total. The maximum absolute atomic E-state index is 9.83. The summed E-state index contributed by atoms with van der Waals surface area (Å²) >= 11 is 0. The van der Waals surface area contributed by atoms with E-state index < -0.39 is 0 Å². The summed E-state index contributed by atoms with van der Waals surface area (Å²) in [5, 5.41) is 9.83. The quantitative estimate of drug-likeness (QED) is 0.590. The fraction of sp³-hybridized carbons (Fsp3) is 1.00. The molecule has 3 atom stereocenters. The van der Waals surface area contributed by atoms with Crippen LogP contribution in [0.25, 0.3) is 0 Å². The Balaban J connectivity index is 2.07. The van der Waals surface area contributed by atoms with Crippen molar-refractivity contribution < 1.29 is 5.11 Å². The van der Waals surface area contributed by atoms with Crippen molar-refractivity contribution in [1.29, 1.82) is 0 Å². The first-order chi connectivity index (χ1) is 5.79. The number of rotatable bonds is 0. The van der Waals surface area contributed by atoms with E-state index in [2.05, 4.69) is 11.9 Å². The van der Waals surface area contributed by atoms with Crippen molar-refractivity contribution in [3.05, 3.63) is 0 Å².